The van der Waals surface area contributed by atoms with Gasteiger partial charge in [0.1, 0.15) is 11.4 Å². The fraction of sp³-hybridized carbons (Fsp3) is 0.400. The smallest absolute Gasteiger partial charge is 0.115 e. The normalized spacial score (nSPS) is 11.6. The van der Waals surface area contributed by atoms with Gasteiger partial charge in [0.2, 0.25) is 0 Å². The van der Waals surface area contributed by atoms with Gasteiger partial charge in [-0.25, -0.2) is 4.39 Å². The van der Waals surface area contributed by atoms with Crippen LogP contribution < -0.4 is 0 Å². The molecule has 0 bridgehead atoms. The summed E-state index contributed by atoms with van der Waals surface area (Å²) in [5.74, 6) is 0.218. The molecule has 0 amide bonds. The largest absolute Gasteiger partial charge is 0.508 e. The van der Waals surface area contributed by atoms with Crippen LogP contribution in [0, 0.1) is 0 Å². The Morgan fingerprint density at radius 3 is 2.17 bits per heavy atom. The zero-order chi connectivity index (χ0) is 9.19. The van der Waals surface area contributed by atoms with Crippen LogP contribution in [0.3, 0.4) is 0 Å². The van der Waals surface area contributed by atoms with Gasteiger partial charge in [0.05, 0.1) is 0 Å². The quantitative estimate of drug-likeness (QED) is 0.719. The van der Waals surface area contributed by atoms with Crippen LogP contribution in [-0.2, 0) is 6.42 Å². The Bertz CT molecular complexity index is 246. The zero-order valence-corrected chi connectivity index (χ0v) is 7.34. The Morgan fingerprint density at radius 1 is 1.25 bits per heavy atom. The van der Waals surface area contributed by atoms with E-state index in [0.29, 0.717) is 6.42 Å². The van der Waals surface area contributed by atoms with Crippen molar-refractivity contribution in [2.75, 3.05) is 0 Å². The topological polar surface area (TPSA) is 20.2 Å². The summed E-state index contributed by atoms with van der Waals surface area (Å²) in [5, 5.41) is 8.96. The first-order chi connectivity index (χ1) is 5.47. The highest BCUT2D eigenvalue weighted by molar-refractivity contribution is 5.26. The molecule has 1 N–H and O–H groups in total. The van der Waals surface area contributed by atoms with Gasteiger partial charge in [-0.15, -0.1) is 0 Å². The summed E-state index contributed by atoms with van der Waals surface area (Å²) in [6.45, 7) is 3.08. The molecule has 1 nitrogen and oxygen atoms in total. The number of aromatic hydroxyl groups is 1. The van der Waals surface area contributed by atoms with Crippen molar-refractivity contribution in [3.63, 3.8) is 0 Å². The van der Waals surface area contributed by atoms with Gasteiger partial charge in [0.25, 0.3) is 0 Å². The first-order valence-corrected chi connectivity index (χ1v) is 3.94. The number of hydrogen-bond donors (Lipinski definition) is 1. The number of phenols is 1. The third-order valence-electron chi connectivity index (χ3n) is 1.56. The van der Waals surface area contributed by atoms with Crippen LogP contribution >= 0.6 is 0 Å². The molecule has 0 saturated heterocycles. The summed E-state index contributed by atoms with van der Waals surface area (Å²) >= 11 is 0. The van der Waals surface area contributed by atoms with Crippen LogP contribution in [0.15, 0.2) is 24.3 Å². The highest BCUT2D eigenvalue weighted by Crippen LogP contribution is 2.18. The Morgan fingerprint density at radius 2 is 1.75 bits per heavy atom. The number of alkyl halides is 1. The van der Waals surface area contributed by atoms with E-state index < -0.39 is 5.67 Å². The Labute approximate surface area is 71.9 Å². The molecule has 66 valence electrons. The maximum absolute atomic E-state index is 13.1. The van der Waals surface area contributed by atoms with Gasteiger partial charge in [-0.3, -0.25) is 0 Å². The third kappa shape index (κ3) is 2.91. The van der Waals surface area contributed by atoms with Crippen molar-refractivity contribution < 1.29 is 9.50 Å². The van der Waals surface area contributed by atoms with Crippen LogP contribution in [0.1, 0.15) is 19.4 Å². The van der Waals surface area contributed by atoms with Crippen LogP contribution in [0.4, 0.5) is 4.39 Å². The molecular weight excluding hydrogens is 155 g/mol. The molecule has 12 heavy (non-hydrogen) atoms. The third-order valence-corrected chi connectivity index (χ3v) is 1.56. The minimum Gasteiger partial charge on any atom is -0.508 e. The molecule has 1 aromatic carbocycles. The molecule has 0 aromatic heterocycles. The highest BCUT2D eigenvalue weighted by Gasteiger charge is 2.15. The molecule has 0 spiro atoms. The molecular formula is C10H13FO. The summed E-state index contributed by atoms with van der Waals surface area (Å²) in [5.41, 5.74) is -0.281. The predicted molar refractivity (Wildman–Crippen MR) is 47.0 cm³/mol. The minimum atomic E-state index is -1.18. The second-order valence-corrected chi connectivity index (χ2v) is 3.56. The first-order valence-electron chi connectivity index (χ1n) is 3.94. The Balaban J connectivity index is 2.71. The monoisotopic (exact) mass is 168 g/mol. The second kappa shape index (κ2) is 3.13. The lowest BCUT2D eigenvalue weighted by Crippen LogP contribution is -2.15. The molecule has 0 fully saturated rings. The maximum Gasteiger partial charge on any atom is 0.115 e. The molecule has 0 saturated carbocycles. The van der Waals surface area contributed by atoms with Gasteiger partial charge in [0.15, 0.2) is 0 Å². The summed E-state index contributed by atoms with van der Waals surface area (Å²) in [6, 6.07) is 6.61. The lowest BCUT2D eigenvalue weighted by Gasteiger charge is -2.13. The van der Waals surface area contributed by atoms with Crippen LogP contribution in [0.2, 0.25) is 0 Å². The van der Waals surface area contributed by atoms with E-state index in [2.05, 4.69) is 0 Å². The Hall–Kier alpha value is -1.05. The van der Waals surface area contributed by atoms with Gasteiger partial charge in [-0.2, -0.15) is 0 Å². The maximum atomic E-state index is 13.1. The van der Waals surface area contributed by atoms with Gasteiger partial charge < -0.3 is 5.11 Å². The number of rotatable bonds is 2. The van der Waals surface area contributed by atoms with E-state index >= 15 is 0 Å². The van der Waals surface area contributed by atoms with E-state index in [1.54, 1.807) is 38.1 Å². The average Bonchev–Trinajstić information content (AvgIpc) is 1.91. The van der Waals surface area contributed by atoms with Gasteiger partial charge in [-0.05, 0) is 31.5 Å². The van der Waals surface area contributed by atoms with Crippen molar-refractivity contribution >= 4 is 0 Å². The lowest BCUT2D eigenvalue weighted by molar-refractivity contribution is 0.217. The lowest BCUT2D eigenvalue weighted by atomic mass is 10.0. The van der Waals surface area contributed by atoms with Crippen molar-refractivity contribution in [3.8, 4) is 5.75 Å². The first kappa shape index (κ1) is 9.04. The molecule has 0 atom stereocenters. The molecule has 1 aromatic rings. The van der Waals surface area contributed by atoms with E-state index in [0.717, 1.165) is 5.56 Å². The standard InChI is InChI=1S/C10H13FO/c1-10(2,11)7-8-3-5-9(12)6-4-8/h3-6,12H,7H2,1-2H3. The van der Waals surface area contributed by atoms with Crippen molar-refractivity contribution in [2.24, 2.45) is 0 Å². The van der Waals surface area contributed by atoms with Crippen LogP contribution in [-0.4, -0.2) is 10.8 Å². The van der Waals surface area contributed by atoms with Gasteiger partial charge >= 0.3 is 0 Å². The summed E-state index contributed by atoms with van der Waals surface area (Å²) in [7, 11) is 0. The molecule has 0 aliphatic carbocycles. The van der Waals surface area contributed by atoms with Gasteiger partial charge in [-0.1, -0.05) is 12.1 Å². The predicted octanol–water partition coefficient (Wildman–Crippen LogP) is 2.68. The summed E-state index contributed by atoms with van der Waals surface area (Å²) in [6.07, 6.45) is 0.382. The summed E-state index contributed by atoms with van der Waals surface area (Å²) in [4.78, 5) is 0. The molecule has 2 heteroatoms. The molecule has 0 aliphatic heterocycles. The molecule has 0 aliphatic rings. The van der Waals surface area contributed by atoms with E-state index in [1.807, 2.05) is 0 Å². The van der Waals surface area contributed by atoms with E-state index in [1.165, 1.54) is 0 Å². The number of benzene rings is 1. The van der Waals surface area contributed by atoms with Crippen molar-refractivity contribution in [3.05, 3.63) is 29.8 Å². The molecule has 0 radical (unpaired) electrons. The number of phenolic OH excluding ortho intramolecular Hbond substituents is 1. The van der Waals surface area contributed by atoms with E-state index in [-0.39, 0.29) is 5.75 Å². The average molecular weight is 168 g/mol. The second-order valence-electron chi connectivity index (χ2n) is 3.56. The van der Waals surface area contributed by atoms with E-state index in [4.69, 9.17) is 5.11 Å². The SMILES string of the molecule is CC(C)(F)Cc1ccc(O)cc1. The Kier molecular flexibility index (Phi) is 2.36. The van der Waals surface area contributed by atoms with Crippen LogP contribution in [0.25, 0.3) is 0 Å². The fourth-order valence-electron chi connectivity index (χ4n) is 1.10. The number of halogens is 1. The van der Waals surface area contributed by atoms with Crippen LogP contribution in [0.5, 0.6) is 5.75 Å². The minimum absolute atomic E-state index is 0.218. The van der Waals surface area contributed by atoms with Crippen molar-refractivity contribution in [2.45, 2.75) is 25.9 Å². The van der Waals surface area contributed by atoms with E-state index in [9.17, 15) is 4.39 Å². The van der Waals surface area contributed by atoms with Crippen molar-refractivity contribution in [1.29, 1.82) is 0 Å². The summed E-state index contributed by atoms with van der Waals surface area (Å²) < 4.78 is 13.1. The zero-order valence-electron chi connectivity index (χ0n) is 7.34. The van der Waals surface area contributed by atoms with Crippen molar-refractivity contribution in [1.82, 2.24) is 0 Å². The molecule has 0 heterocycles. The molecule has 1 rings (SSSR count). The fourth-order valence-corrected chi connectivity index (χ4v) is 1.10. The van der Waals surface area contributed by atoms with Gasteiger partial charge in [0, 0.05) is 6.42 Å². The number of hydrogen-bond acceptors (Lipinski definition) is 1. The highest BCUT2D eigenvalue weighted by atomic mass is 19.1. The molecule has 0 unspecified atom stereocenters.